The minimum Gasteiger partial charge on any atom is -0.508 e. The summed E-state index contributed by atoms with van der Waals surface area (Å²) >= 11 is 3.63. The minimum absolute atomic E-state index is 0.147. The van der Waals surface area contributed by atoms with Crippen LogP contribution in [0.1, 0.15) is 42.6 Å². The SMILES string of the molecule is CCC(CC)C(Br)CNC(=O)c1ccc(C)c(O)c1. The molecular weight excluding hydrogens is 306 g/mol. The molecule has 0 aliphatic rings. The molecule has 0 aliphatic carbocycles. The predicted octanol–water partition coefficient (Wildman–Crippen LogP) is 3.63. The average Bonchev–Trinajstić information content (AvgIpc) is 2.40. The van der Waals surface area contributed by atoms with E-state index in [0.29, 0.717) is 18.0 Å². The molecule has 0 saturated carbocycles. The maximum absolute atomic E-state index is 12.0. The summed E-state index contributed by atoms with van der Waals surface area (Å²) in [4.78, 5) is 12.3. The fourth-order valence-electron chi connectivity index (χ4n) is 2.01. The number of aromatic hydroxyl groups is 1. The second kappa shape index (κ2) is 7.53. The van der Waals surface area contributed by atoms with E-state index in [1.165, 1.54) is 6.07 Å². The van der Waals surface area contributed by atoms with Crippen molar-refractivity contribution in [2.75, 3.05) is 6.54 Å². The molecule has 1 amide bonds. The van der Waals surface area contributed by atoms with Gasteiger partial charge in [-0.3, -0.25) is 4.79 Å². The van der Waals surface area contributed by atoms with Crippen LogP contribution < -0.4 is 5.32 Å². The first-order chi connectivity index (χ1) is 8.99. The first-order valence-electron chi connectivity index (χ1n) is 6.71. The van der Waals surface area contributed by atoms with Gasteiger partial charge in [-0.25, -0.2) is 0 Å². The molecule has 2 N–H and O–H groups in total. The Kier molecular flexibility index (Phi) is 6.35. The topological polar surface area (TPSA) is 49.3 Å². The number of aryl methyl sites for hydroxylation is 1. The van der Waals surface area contributed by atoms with Gasteiger partial charge in [-0.15, -0.1) is 0 Å². The quantitative estimate of drug-likeness (QED) is 0.784. The van der Waals surface area contributed by atoms with Crippen LogP contribution in [0.15, 0.2) is 18.2 Å². The van der Waals surface area contributed by atoms with Gasteiger partial charge in [0.25, 0.3) is 5.91 Å². The maximum Gasteiger partial charge on any atom is 0.251 e. The highest BCUT2D eigenvalue weighted by Gasteiger charge is 2.16. The smallest absolute Gasteiger partial charge is 0.251 e. The minimum atomic E-state index is -0.147. The maximum atomic E-state index is 12.0. The molecule has 1 aromatic carbocycles. The Balaban J connectivity index is 2.58. The van der Waals surface area contributed by atoms with Crippen LogP contribution >= 0.6 is 15.9 Å². The van der Waals surface area contributed by atoms with Crippen molar-refractivity contribution in [2.45, 2.75) is 38.4 Å². The lowest BCUT2D eigenvalue weighted by atomic mass is 9.99. The molecule has 0 heterocycles. The summed E-state index contributed by atoms with van der Waals surface area (Å²) in [7, 11) is 0. The number of amides is 1. The zero-order valence-corrected chi connectivity index (χ0v) is 13.3. The third-order valence-electron chi connectivity index (χ3n) is 3.49. The number of nitrogens with one attached hydrogen (secondary N) is 1. The molecule has 1 rings (SSSR count). The molecule has 4 heteroatoms. The number of rotatable bonds is 6. The van der Waals surface area contributed by atoms with Crippen LogP contribution in [0.4, 0.5) is 0 Å². The monoisotopic (exact) mass is 327 g/mol. The van der Waals surface area contributed by atoms with Crippen molar-refractivity contribution in [3.8, 4) is 5.75 Å². The molecule has 1 unspecified atom stereocenters. The summed E-state index contributed by atoms with van der Waals surface area (Å²) in [6.45, 7) is 6.71. The number of halogens is 1. The largest absolute Gasteiger partial charge is 0.508 e. The molecular formula is C15H22BrNO2. The zero-order valence-electron chi connectivity index (χ0n) is 11.7. The van der Waals surface area contributed by atoms with E-state index in [4.69, 9.17) is 0 Å². The second-order valence-electron chi connectivity index (χ2n) is 4.80. The van der Waals surface area contributed by atoms with Crippen LogP contribution in [0.25, 0.3) is 0 Å². The number of alkyl halides is 1. The van der Waals surface area contributed by atoms with Crippen molar-refractivity contribution in [1.82, 2.24) is 5.32 Å². The van der Waals surface area contributed by atoms with Crippen molar-refractivity contribution in [3.05, 3.63) is 29.3 Å². The fraction of sp³-hybridized carbons (Fsp3) is 0.533. The first-order valence-corrected chi connectivity index (χ1v) is 7.63. The van der Waals surface area contributed by atoms with E-state index >= 15 is 0 Å². The van der Waals surface area contributed by atoms with Crippen molar-refractivity contribution < 1.29 is 9.90 Å². The van der Waals surface area contributed by atoms with Gasteiger partial charge in [0, 0.05) is 16.9 Å². The molecule has 0 spiro atoms. The van der Waals surface area contributed by atoms with Gasteiger partial charge in [0.2, 0.25) is 0 Å². The molecule has 0 radical (unpaired) electrons. The number of carbonyl (C=O) groups excluding carboxylic acids is 1. The first kappa shape index (κ1) is 16.0. The zero-order chi connectivity index (χ0) is 14.4. The van der Waals surface area contributed by atoms with Gasteiger partial charge in [0.1, 0.15) is 5.75 Å². The second-order valence-corrected chi connectivity index (χ2v) is 5.98. The summed E-state index contributed by atoms with van der Waals surface area (Å²) in [6.07, 6.45) is 2.18. The summed E-state index contributed by atoms with van der Waals surface area (Å²) in [5.74, 6) is 0.570. The van der Waals surface area contributed by atoms with E-state index < -0.39 is 0 Å². The van der Waals surface area contributed by atoms with E-state index in [1.807, 2.05) is 0 Å². The van der Waals surface area contributed by atoms with Crippen LogP contribution in [-0.2, 0) is 0 Å². The average molecular weight is 328 g/mol. The molecule has 1 atom stereocenters. The van der Waals surface area contributed by atoms with Crippen LogP contribution in [0.3, 0.4) is 0 Å². The van der Waals surface area contributed by atoms with Crippen LogP contribution in [-0.4, -0.2) is 22.4 Å². The Morgan fingerprint density at radius 1 is 1.37 bits per heavy atom. The predicted molar refractivity (Wildman–Crippen MR) is 82.0 cm³/mol. The van der Waals surface area contributed by atoms with Crippen LogP contribution in [0.2, 0.25) is 0 Å². The molecule has 0 bridgehead atoms. The van der Waals surface area contributed by atoms with E-state index in [1.54, 1.807) is 19.1 Å². The number of carbonyl (C=O) groups is 1. The van der Waals surface area contributed by atoms with E-state index in [9.17, 15) is 9.90 Å². The van der Waals surface area contributed by atoms with Gasteiger partial charge in [0.05, 0.1) is 0 Å². The number of benzene rings is 1. The van der Waals surface area contributed by atoms with E-state index in [-0.39, 0.29) is 16.5 Å². The van der Waals surface area contributed by atoms with Gasteiger partial charge < -0.3 is 10.4 Å². The van der Waals surface area contributed by atoms with E-state index in [2.05, 4.69) is 35.1 Å². The normalized spacial score (nSPS) is 12.5. The van der Waals surface area contributed by atoms with Crippen molar-refractivity contribution in [2.24, 2.45) is 5.92 Å². The Morgan fingerprint density at radius 2 is 2.00 bits per heavy atom. The van der Waals surface area contributed by atoms with Gasteiger partial charge in [-0.1, -0.05) is 48.7 Å². The molecule has 0 fully saturated rings. The summed E-state index contributed by atoms with van der Waals surface area (Å²) in [5, 5.41) is 12.5. The number of phenols is 1. The number of phenolic OH excluding ortho intramolecular Hbond substituents is 1. The third-order valence-corrected chi connectivity index (χ3v) is 4.56. The highest BCUT2D eigenvalue weighted by molar-refractivity contribution is 9.09. The fourth-order valence-corrected chi connectivity index (χ4v) is 2.92. The van der Waals surface area contributed by atoms with Crippen molar-refractivity contribution in [3.63, 3.8) is 0 Å². The van der Waals surface area contributed by atoms with Crippen LogP contribution in [0.5, 0.6) is 5.75 Å². The number of hydrogen-bond donors (Lipinski definition) is 2. The van der Waals surface area contributed by atoms with Gasteiger partial charge in [-0.05, 0) is 30.5 Å². The standard InChI is InChI=1S/C15H22BrNO2/c1-4-11(5-2)13(16)9-17-15(19)12-7-6-10(3)14(18)8-12/h6-8,11,13,18H,4-5,9H2,1-3H3,(H,17,19). The third kappa shape index (κ3) is 4.53. The Hall–Kier alpha value is -1.03. The summed E-state index contributed by atoms with van der Waals surface area (Å²) in [6, 6.07) is 4.98. The molecule has 0 aliphatic heterocycles. The molecule has 106 valence electrons. The van der Waals surface area contributed by atoms with Crippen molar-refractivity contribution >= 4 is 21.8 Å². The van der Waals surface area contributed by atoms with Gasteiger partial charge in [-0.2, -0.15) is 0 Å². The van der Waals surface area contributed by atoms with Gasteiger partial charge >= 0.3 is 0 Å². The van der Waals surface area contributed by atoms with Crippen molar-refractivity contribution in [1.29, 1.82) is 0 Å². The molecule has 3 nitrogen and oxygen atoms in total. The highest BCUT2D eigenvalue weighted by Crippen LogP contribution is 2.20. The Labute approximate surface area is 123 Å². The summed E-state index contributed by atoms with van der Waals surface area (Å²) < 4.78 is 0. The highest BCUT2D eigenvalue weighted by atomic mass is 79.9. The van der Waals surface area contributed by atoms with E-state index in [0.717, 1.165) is 18.4 Å². The lowest BCUT2D eigenvalue weighted by Gasteiger charge is -2.20. The van der Waals surface area contributed by atoms with Crippen LogP contribution in [0, 0.1) is 12.8 Å². The number of hydrogen-bond acceptors (Lipinski definition) is 2. The Morgan fingerprint density at radius 3 is 2.53 bits per heavy atom. The molecule has 1 aromatic rings. The molecule has 0 saturated heterocycles. The molecule has 19 heavy (non-hydrogen) atoms. The lowest BCUT2D eigenvalue weighted by Crippen LogP contribution is -2.32. The lowest BCUT2D eigenvalue weighted by molar-refractivity contribution is 0.0951. The summed E-state index contributed by atoms with van der Waals surface area (Å²) in [5.41, 5.74) is 1.26. The van der Waals surface area contributed by atoms with Gasteiger partial charge in [0.15, 0.2) is 0 Å². The molecule has 0 aromatic heterocycles. The Bertz CT molecular complexity index is 430.